The smallest absolute Gasteiger partial charge is 0.449 e. The average molecular weight is 351 g/mol. The molecule has 0 unspecified atom stereocenters. The summed E-state index contributed by atoms with van der Waals surface area (Å²) in [5.74, 6) is -4.25. The van der Waals surface area contributed by atoms with E-state index in [0.717, 1.165) is 18.4 Å². The zero-order valence-corrected chi connectivity index (χ0v) is 12.8. The van der Waals surface area contributed by atoms with E-state index in [2.05, 4.69) is 14.5 Å². The highest BCUT2D eigenvalue weighted by molar-refractivity contribution is 7.14. The van der Waals surface area contributed by atoms with Crippen LogP contribution in [0.5, 0.6) is 0 Å². The molecule has 0 atom stereocenters. The minimum atomic E-state index is -5.14. The number of ether oxygens (including phenoxy) is 2. The second-order valence-corrected chi connectivity index (χ2v) is 4.76. The average Bonchev–Trinajstić information content (AvgIpc) is 2.94. The summed E-state index contributed by atoms with van der Waals surface area (Å²) in [6.45, 7) is 1.21. The van der Waals surface area contributed by atoms with E-state index in [1.165, 1.54) is 18.4 Å². The number of halogens is 3. The minimum Gasteiger partial charge on any atom is -0.504 e. The van der Waals surface area contributed by atoms with Gasteiger partial charge in [-0.05, 0) is 18.4 Å². The maximum atomic E-state index is 12.6. The van der Waals surface area contributed by atoms with Crippen LogP contribution >= 0.6 is 11.3 Å². The lowest BCUT2D eigenvalue weighted by atomic mass is 10.2. The Labute approximate surface area is 132 Å². The van der Waals surface area contributed by atoms with Crippen LogP contribution in [0.25, 0.3) is 0 Å². The minimum absolute atomic E-state index is 0.0171. The molecule has 0 amide bonds. The molecule has 6 nitrogen and oxygen atoms in total. The Hall–Kier alpha value is -2.36. The lowest BCUT2D eigenvalue weighted by molar-refractivity contribution is -0.141. The van der Waals surface area contributed by atoms with E-state index in [-0.39, 0.29) is 17.2 Å². The monoisotopic (exact) mass is 351 g/mol. The Morgan fingerprint density at radius 1 is 1.43 bits per heavy atom. The lowest BCUT2D eigenvalue weighted by Gasteiger charge is -2.09. The molecule has 0 saturated heterocycles. The summed E-state index contributed by atoms with van der Waals surface area (Å²) < 4.78 is 46.7. The number of aliphatic hydroxyl groups is 1. The fourth-order valence-electron chi connectivity index (χ4n) is 1.36. The first kappa shape index (κ1) is 18.7. The number of alkyl halides is 3. The standard InChI is InChI=1S/C13H12F3NO5S/c1-3-22-12(20)8(9(18)13(14,15)16)6-17-10-7(4-5-23-10)11(19)21-2/h4-6,18H,3H2,1-2H3/b9-8+,17-6+. The maximum absolute atomic E-state index is 12.6. The van der Waals surface area contributed by atoms with Crippen molar-refractivity contribution in [1.29, 1.82) is 0 Å². The van der Waals surface area contributed by atoms with Gasteiger partial charge in [-0.1, -0.05) is 0 Å². The Bertz CT molecular complexity index is 648. The highest BCUT2D eigenvalue weighted by atomic mass is 32.1. The molecule has 0 aromatic carbocycles. The number of carbonyl (C=O) groups is 2. The van der Waals surface area contributed by atoms with E-state index in [1.807, 2.05) is 0 Å². The first-order valence-corrected chi connectivity index (χ1v) is 6.97. The molecular weight excluding hydrogens is 339 g/mol. The fraction of sp³-hybridized carbons (Fsp3) is 0.308. The van der Waals surface area contributed by atoms with Crippen molar-refractivity contribution in [3.63, 3.8) is 0 Å². The summed E-state index contributed by atoms with van der Waals surface area (Å²) in [4.78, 5) is 26.6. The molecule has 0 spiro atoms. The highest BCUT2D eigenvalue weighted by Crippen LogP contribution is 2.29. The topological polar surface area (TPSA) is 85.2 Å². The molecule has 0 radical (unpaired) electrons. The van der Waals surface area contributed by atoms with E-state index in [1.54, 1.807) is 0 Å². The van der Waals surface area contributed by atoms with Crippen molar-refractivity contribution >= 4 is 34.5 Å². The van der Waals surface area contributed by atoms with Gasteiger partial charge in [-0.15, -0.1) is 11.3 Å². The van der Waals surface area contributed by atoms with E-state index in [4.69, 9.17) is 0 Å². The van der Waals surface area contributed by atoms with E-state index < -0.39 is 29.4 Å². The van der Waals surface area contributed by atoms with Gasteiger partial charge in [0.2, 0.25) is 5.76 Å². The SMILES string of the molecule is CCOC(=O)C(/C=N/c1sccc1C(=O)OC)=C(/O)C(F)(F)F. The maximum Gasteiger partial charge on any atom is 0.449 e. The van der Waals surface area contributed by atoms with Gasteiger partial charge in [0.15, 0.2) is 0 Å². The molecule has 0 aliphatic rings. The van der Waals surface area contributed by atoms with Crippen molar-refractivity contribution in [1.82, 2.24) is 0 Å². The highest BCUT2D eigenvalue weighted by Gasteiger charge is 2.38. The Morgan fingerprint density at radius 3 is 2.61 bits per heavy atom. The second kappa shape index (κ2) is 7.77. The van der Waals surface area contributed by atoms with Gasteiger partial charge in [-0.3, -0.25) is 0 Å². The molecule has 0 fully saturated rings. The number of aliphatic hydroxyl groups excluding tert-OH is 1. The second-order valence-electron chi connectivity index (χ2n) is 3.87. The molecule has 23 heavy (non-hydrogen) atoms. The first-order chi connectivity index (χ1) is 10.7. The molecule has 1 aromatic rings. The molecule has 1 N–H and O–H groups in total. The molecule has 0 saturated carbocycles. The molecule has 0 aliphatic carbocycles. The number of hydrogen-bond donors (Lipinski definition) is 1. The van der Waals surface area contributed by atoms with Crippen molar-refractivity contribution in [2.45, 2.75) is 13.1 Å². The summed E-state index contributed by atoms with van der Waals surface area (Å²) in [6, 6.07) is 1.36. The number of carbonyl (C=O) groups excluding carboxylic acids is 2. The molecule has 1 aromatic heterocycles. The number of aliphatic imine (C=N–C) groups is 1. The van der Waals surface area contributed by atoms with Crippen molar-refractivity contribution in [3.05, 3.63) is 28.3 Å². The number of thiophene rings is 1. The van der Waals surface area contributed by atoms with E-state index in [0.29, 0.717) is 6.21 Å². The van der Waals surface area contributed by atoms with Gasteiger partial charge in [-0.2, -0.15) is 13.2 Å². The van der Waals surface area contributed by atoms with Crippen LogP contribution < -0.4 is 0 Å². The number of nitrogens with zero attached hydrogens (tertiary/aromatic N) is 1. The third kappa shape index (κ3) is 4.81. The molecular formula is C13H12F3NO5S. The Morgan fingerprint density at radius 2 is 2.09 bits per heavy atom. The van der Waals surface area contributed by atoms with Crippen LogP contribution in [0, 0.1) is 0 Å². The van der Waals surface area contributed by atoms with Crippen LogP contribution in [0.4, 0.5) is 18.2 Å². The zero-order chi connectivity index (χ0) is 17.6. The summed E-state index contributed by atoms with van der Waals surface area (Å²) in [5, 5.41) is 10.7. The summed E-state index contributed by atoms with van der Waals surface area (Å²) in [6.07, 6.45) is -4.65. The molecule has 1 heterocycles. The van der Waals surface area contributed by atoms with Crippen LogP contribution in [-0.2, 0) is 14.3 Å². The first-order valence-electron chi connectivity index (χ1n) is 6.09. The van der Waals surface area contributed by atoms with Gasteiger partial charge in [0.05, 0.1) is 19.3 Å². The third-order valence-electron chi connectivity index (χ3n) is 2.38. The summed E-state index contributed by atoms with van der Waals surface area (Å²) in [7, 11) is 1.13. The molecule has 1 rings (SSSR count). The number of esters is 2. The van der Waals surface area contributed by atoms with Gasteiger partial charge in [0.25, 0.3) is 0 Å². The van der Waals surface area contributed by atoms with Crippen LogP contribution in [0.15, 0.2) is 27.8 Å². The van der Waals surface area contributed by atoms with Crippen molar-refractivity contribution in [2.75, 3.05) is 13.7 Å². The largest absolute Gasteiger partial charge is 0.504 e. The van der Waals surface area contributed by atoms with Crippen LogP contribution in [-0.4, -0.2) is 43.2 Å². The number of allylic oxidation sites excluding steroid dienone is 1. The van der Waals surface area contributed by atoms with Gasteiger partial charge in [0.1, 0.15) is 10.6 Å². The predicted molar refractivity (Wildman–Crippen MR) is 76.2 cm³/mol. The van der Waals surface area contributed by atoms with Crippen LogP contribution in [0.1, 0.15) is 17.3 Å². The number of methoxy groups -OCH3 is 1. The van der Waals surface area contributed by atoms with Gasteiger partial charge in [-0.25, -0.2) is 14.6 Å². The van der Waals surface area contributed by atoms with E-state index >= 15 is 0 Å². The van der Waals surface area contributed by atoms with Gasteiger partial charge >= 0.3 is 18.1 Å². The quantitative estimate of drug-likeness (QED) is 0.381. The normalized spacial score (nSPS) is 12.9. The molecule has 0 bridgehead atoms. The van der Waals surface area contributed by atoms with Crippen LogP contribution in [0.2, 0.25) is 0 Å². The van der Waals surface area contributed by atoms with Crippen molar-refractivity contribution in [3.8, 4) is 0 Å². The fourth-order valence-corrected chi connectivity index (χ4v) is 2.09. The Balaban J connectivity index is 3.24. The lowest BCUT2D eigenvalue weighted by Crippen LogP contribution is -2.20. The third-order valence-corrected chi connectivity index (χ3v) is 3.20. The Kier molecular flexibility index (Phi) is 6.31. The van der Waals surface area contributed by atoms with Gasteiger partial charge < -0.3 is 14.6 Å². The van der Waals surface area contributed by atoms with Crippen LogP contribution in [0.3, 0.4) is 0 Å². The summed E-state index contributed by atoms with van der Waals surface area (Å²) in [5.41, 5.74) is -1.15. The molecule has 10 heteroatoms. The van der Waals surface area contributed by atoms with E-state index in [9.17, 15) is 27.9 Å². The zero-order valence-electron chi connectivity index (χ0n) is 12.0. The number of rotatable bonds is 5. The molecule has 0 aliphatic heterocycles. The predicted octanol–water partition coefficient (Wildman–Crippen LogP) is 3.17. The molecule has 126 valence electrons. The summed E-state index contributed by atoms with van der Waals surface area (Å²) >= 11 is 0.943. The van der Waals surface area contributed by atoms with Crippen molar-refractivity contribution in [2.24, 2.45) is 4.99 Å². The number of hydrogen-bond acceptors (Lipinski definition) is 7. The van der Waals surface area contributed by atoms with Crippen molar-refractivity contribution < 1.29 is 37.3 Å². The van der Waals surface area contributed by atoms with Gasteiger partial charge in [0, 0.05) is 6.21 Å².